The molecule has 0 amide bonds. The molecule has 0 aromatic heterocycles. The van der Waals surface area contributed by atoms with Crippen LogP contribution in [-0.4, -0.2) is 17.8 Å². The van der Waals surface area contributed by atoms with E-state index in [0.717, 1.165) is 25.1 Å². The third-order valence-corrected chi connectivity index (χ3v) is 2.54. The van der Waals surface area contributed by atoms with E-state index in [1.54, 1.807) is 6.20 Å². The van der Waals surface area contributed by atoms with Crippen LogP contribution in [0.1, 0.15) is 19.8 Å². The van der Waals surface area contributed by atoms with Crippen LogP contribution in [0.25, 0.3) is 0 Å². The molecule has 75 valence electrons. The quantitative estimate of drug-likeness (QED) is 0.552. The van der Waals surface area contributed by atoms with Gasteiger partial charge in [0.05, 0.1) is 12.7 Å². The second kappa shape index (κ2) is 4.11. The Hall–Kier alpha value is -0.870. The van der Waals surface area contributed by atoms with Crippen LogP contribution < -0.4 is 10.6 Å². The SMILES string of the molecule is CC1=CCC(CC2=C[N]C(=S)N2)OC1. The Morgan fingerprint density at radius 3 is 3.14 bits per heavy atom. The van der Waals surface area contributed by atoms with Crippen molar-refractivity contribution < 1.29 is 4.74 Å². The average Bonchev–Trinajstić information content (AvgIpc) is 2.56. The number of thiocarbonyl (C=S) groups is 1. The summed E-state index contributed by atoms with van der Waals surface area (Å²) in [5, 5.41) is 7.58. The van der Waals surface area contributed by atoms with Crippen LogP contribution in [0, 0.1) is 0 Å². The molecule has 0 saturated heterocycles. The number of rotatable bonds is 2. The first-order valence-electron chi connectivity index (χ1n) is 4.72. The summed E-state index contributed by atoms with van der Waals surface area (Å²) in [4.78, 5) is 0. The fraction of sp³-hybridized carbons (Fsp3) is 0.500. The first-order valence-corrected chi connectivity index (χ1v) is 5.13. The van der Waals surface area contributed by atoms with Crippen LogP contribution in [0.4, 0.5) is 0 Å². The van der Waals surface area contributed by atoms with Gasteiger partial charge in [0.15, 0.2) is 5.11 Å². The van der Waals surface area contributed by atoms with Crippen LogP contribution in [0.5, 0.6) is 0 Å². The van der Waals surface area contributed by atoms with Gasteiger partial charge in [-0.25, -0.2) is 5.32 Å². The van der Waals surface area contributed by atoms with E-state index in [2.05, 4.69) is 23.6 Å². The fourth-order valence-corrected chi connectivity index (χ4v) is 1.72. The van der Waals surface area contributed by atoms with Gasteiger partial charge in [0.25, 0.3) is 0 Å². The lowest BCUT2D eigenvalue weighted by atomic mass is 10.1. The zero-order valence-electron chi connectivity index (χ0n) is 8.12. The Kier molecular flexibility index (Phi) is 2.84. The Labute approximate surface area is 89.2 Å². The van der Waals surface area contributed by atoms with E-state index < -0.39 is 0 Å². The van der Waals surface area contributed by atoms with Crippen molar-refractivity contribution in [2.75, 3.05) is 6.61 Å². The van der Waals surface area contributed by atoms with Gasteiger partial charge in [0.2, 0.25) is 0 Å². The molecule has 0 aliphatic carbocycles. The molecule has 2 heterocycles. The van der Waals surface area contributed by atoms with Crippen molar-refractivity contribution in [3.8, 4) is 0 Å². The molecule has 2 aliphatic rings. The van der Waals surface area contributed by atoms with Crippen LogP contribution in [0.15, 0.2) is 23.5 Å². The summed E-state index contributed by atoms with van der Waals surface area (Å²) in [6.07, 6.45) is 6.15. The molecule has 2 rings (SSSR count). The Balaban J connectivity index is 1.84. The molecule has 1 atom stereocenters. The standard InChI is InChI=1S/C10H13N2OS/c1-7-2-3-9(13-6-7)4-8-5-11-10(14)12-8/h2,5,9H,3-4,6H2,1H3,(H,12,14). The number of hydrogen-bond donors (Lipinski definition) is 1. The molecule has 0 spiro atoms. The molecule has 0 aromatic carbocycles. The van der Waals surface area contributed by atoms with E-state index in [1.165, 1.54) is 5.57 Å². The van der Waals surface area contributed by atoms with Crippen LogP contribution >= 0.6 is 12.2 Å². The minimum Gasteiger partial charge on any atom is -0.373 e. The molecule has 0 bridgehead atoms. The van der Waals surface area contributed by atoms with Crippen molar-refractivity contribution >= 4 is 17.3 Å². The van der Waals surface area contributed by atoms with Gasteiger partial charge < -0.3 is 10.1 Å². The van der Waals surface area contributed by atoms with Crippen LogP contribution in [0.2, 0.25) is 0 Å². The van der Waals surface area contributed by atoms with Gasteiger partial charge in [0, 0.05) is 18.3 Å². The van der Waals surface area contributed by atoms with E-state index >= 15 is 0 Å². The molecule has 1 N–H and O–H groups in total. The number of nitrogens with one attached hydrogen (secondary N) is 1. The van der Waals surface area contributed by atoms with E-state index in [-0.39, 0.29) is 6.10 Å². The van der Waals surface area contributed by atoms with Crippen LogP contribution in [0.3, 0.4) is 0 Å². The van der Waals surface area contributed by atoms with E-state index in [9.17, 15) is 0 Å². The minimum atomic E-state index is 0.272. The molecule has 14 heavy (non-hydrogen) atoms. The molecule has 1 radical (unpaired) electrons. The Morgan fingerprint density at radius 1 is 1.71 bits per heavy atom. The van der Waals surface area contributed by atoms with Crippen molar-refractivity contribution in [1.29, 1.82) is 0 Å². The van der Waals surface area contributed by atoms with E-state index in [4.69, 9.17) is 17.0 Å². The number of ether oxygens (including phenoxy) is 1. The van der Waals surface area contributed by atoms with Gasteiger partial charge in [-0.2, -0.15) is 0 Å². The maximum atomic E-state index is 5.65. The van der Waals surface area contributed by atoms with Crippen LogP contribution in [-0.2, 0) is 4.74 Å². The molecular weight excluding hydrogens is 196 g/mol. The fourth-order valence-electron chi connectivity index (χ4n) is 1.54. The zero-order chi connectivity index (χ0) is 9.97. The number of nitrogens with zero attached hydrogens (tertiary/aromatic N) is 1. The highest BCUT2D eigenvalue weighted by Crippen LogP contribution is 2.18. The highest BCUT2D eigenvalue weighted by Gasteiger charge is 2.18. The van der Waals surface area contributed by atoms with Crippen molar-refractivity contribution in [3.05, 3.63) is 23.5 Å². The second-order valence-corrected chi connectivity index (χ2v) is 4.02. The summed E-state index contributed by atoms with van der Waals surface area (Å²) in [5.41, 5.74) is 2.38. The van der Waals surface area contributed by atoms with E-state index in [0.29, 0.717) is 5.11 Å². The van der Waals surface area contributed by atoms with Gasteiger partial charge in [0.1, 0.15) is 0 Å². The molecule has 1 unspecified atom stereocenters. The van der Waals surface area contributed by atoms with Crippen molar-refractivity contribution in [2.24, 2.45) is 0 Å². The summed E-state index contributed by atoms with van der Waals surface area (Å²) in [6.45, 7) is 2.84. The van der Waals surface area contributed by atoms with Gasteiger partial charge >= 0.3 is 0 Å². The van der Waals surface area contributed by atoms with Gasteiger partial charge in [-0.3, -0.25) is 0 Å². The van der Waals surface area contributed by atoms with Gasteiger partial charge in [-0.1, -0.05) is 11.6 Å². The summed E-state index contributed by atoms with van der Waals surface area (Å²) in [7, 11) is 0. The molecule has 4 heteroatoms. The Morgan fingerprint density at radius 2 is 2.57 bits per heavy atom. The monoisotopic (exact) mass is 209 g/mol. The molecule has 2 aliphatic heterocycles. The average molecular weight is 209 g/mol. The molecule has 3 nitrogen and oxygen atoms in total. The summed E-state index contributed by atoms with van der Waals surface area (Å²) < 4.78 is 5.65. The van der Waals surface area contributed by atoms with Crippen molar-refractivity contribution in [3.63, 3.8) is 0 Å². The topological polar surface area (TPSA) is 35.4 Å². The zero-order valence-corrected chi connectivity index (χ0v) is 8.93. The third-order valence-electron chi connectivity index (χ3n) is 2.33. The normalized spacial score (nSPS) is 26.4. The van der Waals surface area contributed by atoms with E-state index in [1.807, 2.05) is 0 Å². The van der Waals surface area contributed by atoms with Gasteiger partial charge in [-0.05, 0) is 25.6 Å². The Bertz CT molecular complexity index is 309. The third kappa shape index (κ3) is 2.33. The first kappa shape index (κ1) is 9.68. The second-order valence-electron chi connectivity index (χ2n) is 3.64. The van der Waals surface area contributed by atoms with Crippen molar-refractivity contribution in [2.45, 2.75) is 25.9 Å². The predicted octanol–water partition coefficient (Wildman–Crippen LogP) is 1.45. The summed E-state index contributed by atoms with van der Waals surface area (Å²) >= 11 is 4.90. The maximum absolute atomic E-state index is 5.65. The lowest BCUT2D eigenvalue weighted by Crippen LogP contribution is -2.24. The van der Waals surface area contributed by atoms with Gasteiger partial charge in [-0.15, -0.1) is 0 Å². The van der Waals surface area contributed by atoms with Crippen molar-refractivity contribution in [1.82, 2.24) is 10.6 Å². The predicted molar refractivity (Wildman–Crippen MR) is 58.7 cm³/mol. The molecular formula is C10H13N2OS. The highest BCUT2D eigenvalue weighted by molar-refractivity contribution is 7.80. The molecule has 0 aromatic rings. The highest BCUT2D eigenvalue weighted by atomic mass is 32.1. The largest absolute Gasteiger partial charge is 0.373 e. The lowest BCUT2D eigenvalue weighted by Gasteiger charge is -2.21. The summed E-state index contributed by atoms with van der Waals surface area (Å²) in [5.74, 6) is 0. The molecule has 0 saturated carbocycles. The smallest absolute Gasteiger partial charge is 0.197 e. The lowest BCUT2D eigenvalue weighted by molar-refractivity contribution is 0.0619. The first-order chi connectivity index (χ1) is 6.74. The molecule has 0 fully saturated rings. The maximum Gasteiger partial charge on any atom is 0.197 e. The number of hydrogen-bond acceptors (Lipinski definition) is 2. The summed E-state index contributed by atoms with van der Waals surface area (Å²) in [6, 6.07) is 0. The minimum absolute atomic E-state index is 0.272.